The van der Waals surface area contributed by atoms with Crippen LogP contribution >= 0.6 is 0 Å². The minimum Gasteiger partial charge on any atom is -0.386 e. The molecule has 0 saturated heterocycles. The van der Waals surface area contributed by atoms with Crippen LogP contribution in [0.15, 0.2) is 48.5 Å². The van der Waals surface area contributed by atoms with Crippen molar-refractivity contribution in [2.24, 2.45) is 0 Å². The summed E-state index contributed by atoms with van der Waals surface area (Å²) in [6.45, 7) is 3.63. The van der Waals surface area contributed by atoms with Crippen LogP contribution in [0.5, 0.6) is 0 Å². The fraction of sp³-hybridized carbons (Fsp3) is 0.235. The van der Waals surface area contributed by atoms with Gasteiger partial charge in [0.05, 0.1) is 17.1 Å². The maximum atomic E-state index is 12.0. The molecule has 3 N–H and O–H groups in total. The van der Waals surface area contributed by atoms with Crippen LogP contribution in [0.4, 0.5) is 16.2 Å². The Bertz CT molecular complexity index is 731. The SMILES string of the molecule is Cc1ccc(C(O)C(C)NC(=O)Nc2cccc([N+](=O)[O-])c2)cc1. The number of nitro benzene ring substituents is 1. The summed E-state index contributed by atoms with van der Waals surface area (Å²) in [5.41, 5.74) is 1.97. The van der Waals surface area contributed by atoms with Gasteiger partial charge in [0.2, 0.25) is 0 Å². The van der Waals surface area contributed by atoms with Crippen molar-refractivity contribution in [1.29, 1.82) is 0 Å². The lowest BCUT2D eigenvalue weighted by Gasteiger charge is -2.21. The molecule has 2 atom stereocenters. The number of aryl methyl sites for hydroxylation is 1. The van der Waals surface area contributed by atoms with Gasteiger partial charge in [-0.2, -0.15) is 0 Å². The monoisotopic (exact) mass is 329 g/mol. The molecule has 0 bridgehead atoms. The lowest BCUT2D eigenvalue weighted by Crippen LogP contribution is -2.39. The van der Waals surface area contributed by atoms with Gasteiger partial charge in [0.15, 0.2) is 0 Å². The van der Waals surface area contributed by atoms with Crippen molar-refractivity contribution in [2.75, 3.05) is 5.32 Å². The quantitative estimate of drug-likeness (QED) is 0.579. The molecule has 7 heteroatoms. The van der Waals surface area contributed by atoms with Crippen molar-refractivity contribution in [1.82, 2.24) is 5.32 Å². The predicted molar refractivity (Wildman–Crippen MR) is 90.9 cm³/mol. The van der Waals surface area contributed by atoms with Gasteiger partial charge in [-0.1, -0.05) is 35.9 Å². The summed E-state index contributed by atoms with van der Waals surface area (Å²) in [4.78, 5) is 22.2. The lowest BCUT2D eigenvalue weighted by molar-refractivity contribution is -0.384. The number of rotatable bonds is 5. The largest absolute Gasteiger partial charge is 0.386 e. The predicted octanol–water partition coefficient (Wildman–Crippen LogP) is 3.15. The standard InChI is InChI=1S/C17H19N3O4/c1-11-6-8-13(9-7-11)16(21)12(2)18-17(22)19-14-4-3-5-15(10-14)20(23)24/h3-10,12,16,21H,1-2H3,(H2,18,19,22). The number of carbonyl (C=O) groups is 1. The molecule has 2 amide bonds. The number of anilines is 1. The Morgan fingerprint density at radius 3 is 2.50 bits per heavy atom. The minimum absolute atomic E-state index is 0.111. The van der Waals surface area contributed by atoms with Gasteiger partial charge in [-0.15, -0.1) is 0 Å². The molecule has 2 unspecified atom stereocenters. The summed E-state index contributed by atoms with van der Waals surface area (Å²) in [5, 5.41) is 26.1. The maximum Gasteiger partial charge on any atom is 0.319 e. The summed E-state index contributed by atoms with van der Waals surface area (Å²) in [7, 11) is 0. The molecule has 0 radical (unpaired) electrons. The smallest absolute Gasteiger partial charge is 0.319 e. The summed E-state index contributed by atoms with van der Waals surface area (Å²) >= 11 is 0. The van der Waals surface area contributed by atoms with Gasteiger partial charge in [-0.25, -0.2) is 4.79 Å². The van der Waals surface area contributed by atoms with Crippen LogP contribution in [-0.2, 0) is 0 Å². The van der Waals surface area contributed by atoms with Gasteiger partial charge in [0.1, 0.15) is 0 Å². The lowest BCUT2D eigenvalue weighted by atomic mass is 10.0. The summed E-state index contributed by atoms with van der Waals surface area (Å²) < 4.78 is 0. The second-order valence-electron chi connectivity index (χ2n) is 5.55. The van der Waals surface area contributed by atoms with Crippen LogP contribution in [0.2, 0.25) is 0 Å². The number of aliphatic hydroxyl groups excluding tert-OH is 1. The molecule has 7 nitrogen and oxygen atoms in total. The molecule has 2 rings (SSSR count). The first kappa shape index (κ1) is 17.4. The number of amides is 2. The van der Waals surface area contributed by atoms with E-state index < -0.39 is 23.1 Å². The number of hydrogen-bond donors (Lipinski definition) is 3. The van der Waals surface area contributed by atoms with E-state index >= 15 is 0 Å². The van der Waals surface area contributed by atoms with E-state index in [9.17, 15) is 20.0 Å². The highest BCUT2D eigenvalue weighted by Crippen LogP contribution is 2.19. The summed E-state index contributed by atoms with van der Waals surface area (Å²) in [6, 6.07) is 11.9. The van der Waals surface area contributed by atoms with Gasteiger partial charge in [-0.3, -0.25) is 10.1 Å². The molecule has 2 aromatic carbocycles. The Morgan fingerprint density at radius 1 is 1.21 bits per heavy atom. The van der Waals surface area contributed by atoms with Crippen LogP contribution in [0, 0.1) is 17.0 Å². The first-order valence-electron chi connectivity index (χ1n) is 7.43. The molecular formula is C17H19N3O4. The fourth-order valence-corrected chi connectivity index (χ4v) is 2.20. The Kier molecular flexibility index (Phi) is 5.49. The minimum atomic E-state index is -0.860. The van der Waals surface area contributed by atoms with Gasteiger partial charge in [-0.05, 0) is 25.5 Å². The fourth-order valence-electron chi connectivity index (χ4n) is 2.20. The van der Waals surface area contributed by atoms with E-state index in [-0.39, 0.29) is 5.69 Å². The molecule has 0 spiro atoms. The Morgan fingerprint density at radius 2 is 1.88 bits per heavy atom. The van der Waals surface area contributed by atoms with Crippen LogP contribution in [0.3, 0.4) is 0 Å². The van der Waals surface area contributed by atoms with Crippen LogP contribution in [-0.4, -0.2) is 22.1 Å². The Labute approximate surface area is 139 Å². The van der Waals surface area contributed by atoms with E-state index in [1.165, 1.54) is 18.2 Å². The molecule has 0 aliphatic rings. The van der Waals surface area contributed by atoms with Gasteiger partial charge in [0, 0.05) is 17.8 Å². The normalized spacial score (nSPS) is 13.0. The van der Waals surface area contributed by atoms with Gasteiger partial charge in [0.25, 0.3) is 5.69 Å². The second-order valence-corrected chi connectivity index (χ2v) is 5.55. The Balaban J connectivity index is 1.97. The number of benzene rings is 2. The van der Waals surface area contributed by atoms with E-state index in [4.69, 9.17) is 0 Å². The molecule has 2 aromatic rings. The van der Waals surface area contributed by atoms with Crippen molar-refractivity contribution in [3.8, 4) is 0 Å². The van der Waals surface area contributed by atoms with Crippen molar-refractivity contribution >= 4 is 17.4 Å². The molecule has 0 aliphatic carbocycles. The molecular weight excluding hydrogens is 310 g/mol. The van der Waals surface area contributed by atoms with Crippen molar-refractivity contribution in [3.63, 3.8) is 0 Å². The topological polar surface area (TPSA) is 104 Å². The average Bonchev–Trinajstić information content (AvgIpc) is 2.55. The molecule has 0 heterocycles. The molecule has 24 heavy (non-hydrogen) atoms. The van der Waals surface area contributed by atoms with Crippen LogP contribution in [0.1, 0.15) is 24.2 Å². The van der Waals surface area contributed by atoms with Gasteiger partial charge >= 0.3 is 6.03 Å². The number of carbonyl (C=O) groups excluding carboxylic acids is 1. The third-order valence-electron chi connectivity index (χ3n) is 3.57. The average molecular weight is 329 g/mol. The van der Waals surface area contributed by atoms with Crippen molar-refractivity contribution in [2.45, 2.75) is 26.0 Å². The Hall–Kier alpha value is -2.93. The number of urea groups is 1. The van der Waals surface area contributed by atoms with Crippen LogP contribution in [0.25, 0.3) is 0 Å². The number of non-ortho nitro benzene ring substituents is 1. The zero-order chi connectivity index (χ0) is 17.7. The summed E-state index contributed by atoms with van der Waals surface area (Å²) in [5.74, 6) is 0. The summed E-state index contributed by atoms with van der Waals surface area (Å²) in [6.07, 6.45) is -0.860. The number of nitrogens with one attached hydrogen (secondary N) is 2. The van der Waals surface area contributed by atoms with Crippen molar-refractivity contribution in [3.05, 3.63) is 69.8 Å². The van der Waals surface area contributed by atoms with Crippen LogP contribution < -0.4 is 10.6 Å². The van der Waals surface area contributed by atoms with Crippen molar-refractivity contribution < 1.29 is 14.8 Å². The molecule has 0 aliphatic heterocycles. The zero-order valence-electron chi connectivity index (χ0n) is 13.4. The number of hydrogen-bond acceptors (Lipinski definition) is 4. The highest BCUT2D eigenvalue weighted by Gasteiger charge is 2.18. The second kappa shape index (κ2) is 7.56. The third-order valence-corrected chi connectivity index (χ3v) is 3.57. The number of nitrogens with zero attached hydrogens (tertiary/aromatic N) is 1. The maximum absolute atomic E-state index is 12.0. The first-order valence-corrected chi connectivity index (χ1v) is 7.43. The third kappa shape index (κ3) is 4.53. The highest BCUT2D eigenvalue weighted by molar-refractivity contribution is 5.89. The zero-order valence-corrected chi connectivity index (χ0v) is 13.4. The van der Waals surface area contributed by atoms with E-state index in [2.05, 4.69) is 10.6 Å². The number of nitro groups is 1. The molecule has 0 aromatic heterocycles. The van der Waals surface area contributed by atoms with E-state index in [0.29, 0.717) is 11.3 Å². The van der Waals surface area contributed by atoms with Gasteiger partial charge < -0.3 is 15.7 Å². The van der Waals surface area contributed by atoms with E-state index in [0.717, 1.165) is 5.56 Å². The first-order chi connectivity index (χ1) is 11.4. The molecule has 0 saturated carbocycles. The highest BCUT2D eigenvalue weighted by atomic mass is 16.6. The van der Waals surface area contributed by atoms with E-state index in [1.54, 1.807) is 25.1 Å². The number of aliphatic hydroxyl groups is 1. The molecule has 126 valence electrons. The molecule has 0 fully saturated rings. The van der Waals surface area contributed by atoms with E-state index in [1.807, 2.05) is 19.1 Å².